The van der Waals surface area contributed by atoms with E-state index in [1.165, 1.54) is 0 Å². The zero-order chi connectivity index (χ0) is 5.21. The SMILES string of the molecule is CC(C)(C)OCl.[H-].[Na+]. The van der Waals surface area contributed by atoms with Gasteiger partial charge in [0.25, 0.3) is 0 Å². The van der Waals surface area contributed by atoms with Crippen LogP contribution in [0, 0.1) is 0 Å². The van der Waals surface area contributed by atoms with Crippen molar-refractivity contribution < 1.29 is 35.3 Å². The number of halogens is 1. The van der Waals surface area contributed by atoms with E-state index >= 15 is 0 Å². The minimum Gasteiger partial charge on any atom is -1.00 e. The minimum absolute atomic E-state index is 0. The smallest absolute Gasteiger partial charge is 1.00 e. The summed E-state index contributed by atoms with van der Waals surface area (Å²) < 4.78 is 4.41. The van der Waals surface area contributed by atoms with Crippen LogP contribution in [0.2, 0.25) is 0 Å². The molecule has 0 heterocycles. The third-order valence-corrected chi connectivity index (χ3v) is 0.694. The van der Waals surface area contributed by atoms with Gasteiger partial charge in [-0.2, -0.15) is 0 Å². The van der Waals surface area contributed by atoms with Crippen LogP contribution in [0.1, 0.15) is 22.2 Å². The molecule has 0 N–H and O–H groups in total. The van der Waals surface area contributed by atoms with Crippen LogP contribution in [0.15, 0.2) is 0 Å². The van der Waals surface area contributed by atoms with Crippen LogP contribution in [0.3, 0.4) is 0 Å². The van der Waals surface area contributed by atoms with E-state index in [0.717, 1.165) is 0 Å². The predicted molar refractivity (Wildman–Crippen MR) is 27.8 cm³/mol. The predicted octanol–water partition coefficient (Wildman–Crippen LogP) is -0.928. The molecule has 7 heavy (non-hydrogen) atoms. The maximum atomic E-state index is 4.98. The van der Waals surface area contributed by atoms with E-state index in [0.29, 0.717) is 0 Å². The first-order chi connectivity index (χ1) is 2.56. The Kier molecular flexibility index (Phi) is 6.60. The van der Waals surface area contributed by atoms with Crippen molar-refractivity contribution in [2.75, 3.05) is 0 Å². The van der Waals surface area contributed by atoms with Crippen molar-refractivity contribution in [2.24, 2.45) is 0 Å². The van der Waals surface area contributed by atoms with E-state index in [9.17, 15) is 0 Å². The molecule has 0 atom stereocenters. The molecule has 0 amide bonds. The second-order valence-corrected chi connectivity index (χ2v) is 2.34. The van der Waals surface area contributed by atoms with E-state index < -0.39 is 0 Å². The van der Waals surface area contributed by atoms with E-state index in [1.54, 1.807) is 0 Å². The molecule has 0 saturated carbocycles. The van der Waals surface area contributed by atoms with Gasteiger partial charge in [0.1, 0.15) is 0 Å². The normalized spacial score (nSPS) is 10.3. The molecule has 0 radical (unpaired) electrons. The van der Waals surface area contributed by atoms with Crippen LogP contribution in [-0.2, 0) is 4.29 Å². The summed E-state index contributed by atoms with van der Waals surface area (Å²) in [4.78, 5) is 0. The molecule has 1 nitrogen and oxygen atoms in total. The molecule has 40 valence electrons. The molecule has 0 fully saturated rings. The van der Waals surface area contributed by atoms with Gasteiger partial charge in [0, 0.05) is 0 Å². The van der Waals surface area contributed by atoms with Gasteiger partial charge in [-0.3, -0.25) is 4.29 Å². The zero-order valence-electron chi connectivity index (χ0n) is 6.29. The van der Waals surface area contributed by atoms with E-state index in [-0.39, 0.29) is 36.6 Å². The Labute approximate surface area is 73.3 Å². The molecule has 0 aliphatic carbocycles. The van der Waals surface area contributed by atoms with Crippen LogP contribution in [0.5, 0.6) is 0 Å². The zero-order valence-corrected chi connectivity index (χ0v) is 8.04. The van der Waals surface area contributed by atoms with Gasteiger partial charge in [-0.15, -0.1) is 0 Å². The second kappa shape index (κ2) is 4.16. The van der Waals surface area contributed by atoms with Crippen molar-refractivity contribution in [3.8, 4) is 0 Å². The Hall–Kier alpha value is 1.25. The third-order valence-electron chi connectivity index (χ3n) is 0.231. The van der Waals surface area contributed by atoms with Gasteiger partial charge < -0.3 is 1.43 Å². The molecule has 0 aromatic rings. The second-order valence-electron chi connectivity index (χ2n) is 2.19. The van der Waals surface area contributed by atoms with Crippen LogP contribution < -0.4 is 29.6 Å². The van der Waals surface area contributed by atoms with Gasteiger partial charge >= 0.3 is 29.6 Å². The largest absolute Gasteiger partial charge is 1.00 e. The van der Waals surface area contributed by atoms with Crippen LogP contribution in [-0.4, -0.2) is 5.60 Å². The summed E-state index contributed by atoms with van der Waals surface area (Å²) in [6.07, 6.45) is 0. The molecular formula is C4H10ClNaO. The van der Waals surface area contributed by atoms with Crippen LogP contribution in [0.25, 0.3) is 0 Å². The van der Waals surface area contributed by atoms with Gasteiger partial charge in [0.2, 0.25) is 0 Å². The molecule has 0 aromatic carbocycles. The standard InChI is InChI=1S/C4H9ClO.Na.H/c1-4(2,3)6-5;;/h1-3H3;;/q;+1;-1. The summed E-state index contributed by atoms with van der Waals surface area (Å²) >= 11 is 4.98. The van der Waals surface area contributed by atoms with Crippen molar-refractivity contribution in [1.29, 1.82) is 0 Å². The van der Waals surface area contributed by atoms with Crippen molar-refractivity contribution in [3.63, 3.8) is 0 Å². The Morgan fingerprint density at radius 2 is 1.57 bits per heavy atom. The molecular weight excluding hydrogens is 122 g/mol. The van der Waals surface area contributed by atoms with Crippen molar-refractivity contribution in [1.82, 2.24) is 0 Å². The van der Waals surface area contributed by atoms with E-state index in [1.807, 2.05) is 20.8 Å². The van der Waals surface area contributed by atoms with Gasteiger partial charge in [0.05, 0.1) is 17.5 Å². The average Bonchev–Trinajstić information content (AvgIpc) is 1.35. The average molecular weight is 133 g/mol. The first-order valence-corrected chi connectivity index (χ1v) is 2.17. The van der Waals surface area contributed by atoms with E-state index in [4.69, 9.17) is 11.9 Å². The molecule has 0 aliphatic heterocycles. The molecule has 0 saturated heterocycles. The Bertz CT molecular complexity index is 45.8. The van der Waals surface area contributed by atoms with Crippen molar-refractivity contribution in [3.05, 3.63) is 0 Å². The maximum absolute atomic E-state index is 4.98. The molecule has 0 aromatic heterocycles. The van der Waals surface area contributed by atoms with Gasteiger partial charge in [-0.1, -0.05) is 0 Å². The fourth-order valence-corrected chi connectivity index (χ4v) is 0. The third kappa shape index (κ3) is 11.1. The summed E-state index contributed by atoms with van der Waals surface area (Å²) in [6.45, 7) is 5.67. The molecule has 3 heteroatoms. The van der Waals surface area contributed by atoms with Crippen molar-refractivity contribution in [2.45, 2.75) is 26.4 Å². The summed E-state index contributed by atoms with van der Waals surface area (Å²) in [6, 6.07) is 0. The van der Waals surface area contributed by atoms with Gasteiger partial charge in [-0.05, 0) is 20.8 Å². The Balaban J connectivity index is -0.000000125. The minimum atomic E-state index is -0.193. The molecule has 0 spiro atoms. The topological polar surface area (TPSA) is 9.23 Å². The number of hydrogen-bond donors (Lipinski definition) is 0. The number of rotatable bonds is 0. The van der Waals surface area contributed by atoms with Gasteiger partial charge in [-0.25, -0.2) is 0 Å². The van der Waals surface area contributed by atoms with Crippen molar-refractivity contribution >= 4 is 11.9 Å². The van der Waals surface area contributed by atoms with Crippen LogP contribution in [0.4, 0.5) is 0 Å². The van der Waals surface area contributed by atoms with Crippen LogP contribution >= 0.6 is 11.9 Å². The fraction of sp³-hybridized carbons (Fsp3) is 1.00. The Morgan fingerprint density at radius 1 is 1.43 bits per heavy atom. The molecule has 0 bridgehead atoms. The van der Waals surface area contributed by atoms with Gasteiger partial charge in [0.15, 0.2) is 0 Å². The summed E-state index contributed by atoms with van der Waals surface area (Å²) in [5.41, 5.74) is -0.193. The maximum Gasteiger partial charge on any atom is 1.00 e. The first-order valence-electron chi connectivity index (χ1n) is 1.86. The monoisotopic (exact) mass is 132 g/mol. The van der Waals surface area contributed by atoms with E-state index in [2.05, 4.69) is 4.29 Å². The summed E-state index contributed by atoms with van der Waals surface area (Å²) in [7, 11) is 0. The fourth-order valence-electron chi connectivity index (χ4n) is 0. The Morgan fingerprint density at radius 3 is 1.57 bits per heavy atom. The quantitative estimate of drug-likeness (QED) is 0.387. The summed E-state index contributed by atoms with van der Waals surface area (Å²) in [5, 5.41) is 0. The molecule has 0 aliphatic rings. The summed E-state index contributed by atoms with van der Waals surface area (Å²) in [5.74, 6) is 0. The first kappa shape index (κ1) is 11.1. The number of hydrogen-bond acceptors (Lipinski definition) is 1. The molecule has 0 unspecified atom stereocenters. The molecule has 0 rings (SSSR count).